The third-order valence-corrected chi connectivity index (χ3v) is 3.68. The summed E-state index contributed by atoms with van der Waals surface area (Å²) >= 11 is 0. The highest BCUT2D eigenvalue weighted by molar-refractivity contribution is 5.50. The van der Waals surface area contributed by atoms with E-state index in [-0.39, 0.29) is 6.10 Å². The van der Waals surface area contributed by atoms with Crippen LogP contribution in [0.2, 0.25) is 0 Å². The smallest absolute Gasteiger partial charge is 0.158 e. The molecule has 1 saturated heterocycles. The molecule has 0 bridgehead atoms. The fourth-order valence-electron chi connectivity index (χ4n) is 2.48. The van der Waals surface area contributed by atoms with E-state index in [0.717, 1.165) is 31.2 Å². The van der Waals surface area contributed by atoms with E-state index in [1.54, 1.807) is 0 Å². The van der Waals surface area contributed by atoms with Crippen LogP contribution >= 0.6 is 0 Å². The van der Waals surface area contributed by atoms with Gasteiger partial charge >= 0.3 is 0 Å². The Morgan fingerprint density at radius 3 is 2.90 bits per heavy atom. The van der Waals surface area contributed by atoms with Gasteiger partial charge in [0.15, 0.2) is 5.82 Å². The number of aromatic nitrogens is 2. The highest BCUT2D eigenvalue weighted by atomic mass is 16.5. The number of nitrogens with zero attached hydrogens (tertiary/aromatic N) is 3. The van der Waals surface area contributed by atoms with E-state index < -0.39 is 0 Å². The largest absolute Gasteiger partial charge is 0.375 e. The van der Waals surface area contributed by atoms with Crippen LogP contribution in [0.3, 0.4) is 0 Å². The molecule has 1 N–H and O–H groups in total. The Kier molecular flexibility index (Phi) is 5.76. The molecule has 6 nitrogen and oxygen atoms in total. The van der Waals surface area contributed by atoms with Gasteiger partial charge in [0.25, 0.3) is 0 Å². The third-order valence-electron chi connectivity index (χ3n) is 3.68. The molecular formula is C15H26N4O2. The molecule has 2 heterocycles. The fraction of sp³-hybridized carbons (Fsp3) is 0.733. The lowest BCUT2D eigenvalue weighted by Gasteiger charge is -2.39. The van der Waals surface area contributed by atoms with Gasteiger partial charge in [0, 0.05) is 26.3 Å². The Hall–Kier alpha value is -1.40. The molecule has 0 amide bonds. The third kappa shape index (κ3) is 4.04. The van der Waals surface area contributed by atoms with E-state index >= 15 is 0 Å². The summed E-state index contributed by atoms with van der Waals surface area (Å²) in [7, 11) is 1.87. The summed E-state index contributed by atoms with van der Waals surface area (Å²) in [6.45, 7) is 8.95. The van der Waals surface area contributed by atoms with Crippen LogP contribution in [-0.2, 0) is 16.1 Å². The Bertz CT molecular complexity index is 455. The average Bonchev–Trinajstić information content (AvgIpc) is 2.52. The minimum atomic E-state index is 0.219. The van der Waals surface area contributed by atoms with Gasteiger partial charge in [-0.3, -0.25) is 0 Å². The lowest BCUT2D eigenvalue weighted by atomic mass is 10.1. The minimum Gasteiger partial charge on any atom is -0.375 e. The fourth-order valence-corrected chi connectivity index (χ4v) is 2.48. The second-order valence-corrected chi connectivity index (χ2v) is 5.27. The van der Waals surface area contributed by atoms with Crippen LogP contribution in [0.4, 0.5) is 11.6 Å². The van der Waals surface area contributed by atoms with Crippen LogP contribution in [0.25, 0.3) is 0 Å². The van der Waals surface area contributed by atoms with Crippen LogP contribution in [0.5, 0.6) is 0 Å². The normalized spacial score (nSPS) is 22.4. The molecule has 1 aliphatic rings. The molecular weight excluding hydrogens is 268 g/mol. The van der Waals surface area contributed by atoms with E-state index in [9.17, 15) is 0 Å². The highest BCUT2D eigenvalue weighted by Crippen LogP contribution is 2.24. The van der Waals surface area contributed by atoms with Crippen LogP contribution in [-0.4, -0.2) is 48.9 Å². The first-order valence-electron chi connectivity index (χ1n) is 7.69. The molecule has 0 aliphatic carbocycles. The van der Waals surface area contributed by atoms with Crippen LogP contribution in [0, 0.1) is 0 Å². The van der Waals surface area contributed by atoms with Gasteiger partial charge in [0.1, 0.15) is 18.2 Å². The molecule has 2 atom stereocenters. The van der Waals surface area contributed by atoms with Crippen molar-refractivity contribution in [1.82, 2.24) is 9.97 Å². The van der Waals surface area contributed by atoms with Crippen molar-refractivity contribution in [2.45, 2.75) is 45.9 Å². The molecule has 2 unspecified atom stereocenters. The van der Waals surface area contributed by atoms with Crippen molar-refractivity contribution in [2.75, 3.05) is 37.0 Å². The molecule has 1 aromatic heterocycles. The van der Waals surface area contributed by atoms with Crippen molar-refractivity contribution in [1.29, 1.82) is 0 Å². The van der Waals surface area contributed by atoms with Gasteiger partial charge in [-0.25, -0.2) is 9.97 Å². The second-order valence-electron chi connectivity index (χ2n) is 5.27. The van der Waals surface area contributed by atoms with Crippen LogP contribution in [0.1, 0.15) is 33.0 Å². The van der Waals surface area contributed by atoms with Gasteiger partial charge in [0.05, 0.1) is 18.8 Å². The first-order chi connectivity index (χ1) is 10.2. The Morgan fingerprint density at radius 1 is 1.43 bits per heavy atom. The zero-order valence-corrected chi connectivity index (χ0v) is 13.4. The molecule has 0 saturated carbocycles. The SMILES string of the molecule is CCOCc1nc(NC)cc(N2CC(C)OCC2CC)n1. The molecule has 0 spiro atoms. The molecule has 1 aromatic rings. The lowest BCUT2D eigenvalue weighted by Crippen LogP contribution is -2.49. The number of morpholine rings is 1. The number of nitrogens with one attached hydrogen (secondary N) is 1. The molecule has 0 aromatic carbocycles. The first kappa shape index (κ1) is 16.0. The maximum Gasteiger partial charge on any atom is 0.158 e. The molecule has 1 fully saturated rings. The van der Waals surface area contributed by atoms with Crippen LogP contribution < -0.4 is 10.2 Å². The summed E-state index contributed by atoms with van der Waals surface area (Å²) in [4.78, 5) is 11.4. The van der Waals surface area contributed by atoms with Gasteiger partial charge in [0.2, 0.25) is 0 Å². The van der Waals surface area contributed by atoms with Crippen molar-refractivity contribution < 1.29 is 9.47 Å². The van der Waals surface area contributed by atoms with Crippen molar-refractivity contribution in [3.63, 3.8) is 0 Å². The summed E-state index contributed by atoms with van der Waals surface area (Å²) in [5.74, 6) is 2.49. The summed E-state index contributed by atoms with van der Waals surface area (Å²) in [5, 5.41) is 3.10. The summed E-state index contributed by atoms with van der Waals surface area (Å²) in [5.41, 5.74) is 0. The predicted octanol–water partition coefficient (Wildman–Crippen LogP) is 2.06. The van der Waals surface area contributed by atoms with Crippen molar-refractivity contribution in [3.05, 3.63) is 11.9 Å². The first-order valence-corrected chi connectivity index (χ1v) is 7.69. The number of ether oxygens (including phenoxy) is 2. The van der Waals surface area contributed by atoms with Crippen LogP contribution in [0.15, 0.2) is 6.07 Å². The quantitative estimate of drug-likeness (QED) is 0.866. The summed E-state index contributed by atoms with van der Waals surface area (Å²) in [6, 6.07) is 2.36. The van der Waals surface area contributed by atoms with Gasteiger partial charge in [-0.15, -0.1) is 0 Å². The van der Waals surface area contributed by atoms with Crippen molar-refractivity contribution in [3.8, 4) is 0 Å². The maximum atomic E-state index is 5.76. The zero-order valence-electron chi connectivity index (χ0n) is 13.4. The molecule has 21 heavy (non-hydrogen) atoms. The molecule has 2 rings (SSSR count). The standard InChI is InChI=1S/C15H26N4O2/c1-5-12-9-21-11(3)8-19(12)15-7-13(16-4)17-14(18-15)10-20-6-2/h7,11-12H,5-6,8-10H2,1-4H3,(H,16,17,18). The lowest BCUT2D eigenvalue weighted by molar-refractivity contribution is 0.0295. The molecule has 118 valence electrons. The number of hydrogen-bond donors (Lipinski definition) is 1. The van der Waals surface area contributed by atoms with Gasteiger partial charge in [-0.2, -0.15) is 0 Å². The summed E-state index contributed by atoms with van der Waals surface area (Å²) < 4.78 is 11.2. The highest BCUT2D eigenvalue weighted by Gasteiger charge is 2.27. The van der Waals surface area contributed by atoms with Gasteiger partial charge < -0.3 is 19.7 Å². The van der Waals surface area contributed by atoms with E-state index in [0.29, 0.717) is 25.1 Å². The van der Waals surface area contributed by atoms with E-state index in [2.05, 4.69) is 34.0 Å². The monoisotopic (exact) mass is 294 g/mol. The molecule has 0 radical (unpaired) electrons. The van der Waals surface area contributed by atoms with Gasteiger partial charge in [-0.05, 0) is 20.3 Å². The average molecular weight is 294 g/mol. The number of anilines is 2. The number of rotatable bonds is 6. The Balaban J connectivity index is 2.26. The topological polar surface area (TPSA) is 59.5 Å². The Labute approximate surface area is 126 Å². The Morgan fingerprint density at radius 2 is 2.24 bits per heavy atom. The molecule has 6 heteroatoms. The van der Waals surface area contributed by atoms with E-state index in [4.69, 9.17) is 9.47 Å². The predicted molar refractivity (Wildman–Crippen MR) is 83.7 cm³/mol. The maximum absolute atomic E-state index is 5.76. The summed E-state index contributed by atoms with van der Waals surface area (Å²) in [6.07, 6.45) is 1.25. The minimum absolute atomic E-state index is 0.219. The molecule has 1 aliphatic heterocycles. The van der Waals surface area contributed by atoms with Crippen molar-refractivity contribution in [2.24, 2.45) is 0 Å². The number of hydrogen-bond acceptors (Lipinski definition) is 6. The van der Waals surface area contributed by atoms with E-state index in [1.807, 2.05) is 20.0 Å². The van der Waals surface area contributed by atoms with Gasteiger partial charge in [-0.1, -0.05) is 6.92 Å². The van der Waals surface area contributed by atoms with Crippen molar-refractivity contribution >= 4 is 11.6 Å². The second kappa shape index (κ2) is 7.56. The zero-order chi connectivity index (χ0) is 15.2. The van der Waals surface area contributed by atoms with E-state index in [1.165, 1.54) is 0 Å².